The highest BCUT2D eigenvalue weighted by atomic mass is 32.2. The number of amides is 1. The molecule has 0 unspecified atom stereocenters. The van der Waals surface area contributed by atoms with Crippen LogP contribution in [0.4, 0.5) is 0 Å². The van der Waals surface area contributed by atoms with Crippen molar-refractivity contribution in [2.75, 3.05) is 20.2 Å². The van der Waals surface area contributed by atoms with E-state index in [0.717, 1.165) is 4.90 Å². The molecule has 0 aliphatic rings. The number of ether oxygens (including phenoxy) is 1. The lowest BCUT2D eigenvalue weighted by molar-refractivity contribution is -0.155. The molecule has 0 aliphatic heterocycles. The van der Waals surface area contributed by atoms with Crippen LogP contribution in [-0.2, 0) is 19.6 Å². The lowest BCUT2D eigenvalue weighted by atomic mass is 10.0. The number of nitrogens with zero attached hydrogens (tertiary/aromatic N) is 1. The molecule has 0 atom stereocenters. The standard InChI is InChI=1S/C16H24N2O6S/c1-5-24-12-6-8-13(9-7-12)25(22,23)17-11-10-14(19)18(4)16(2,3)15(20)21/h6-9,17H,5,10-11H2,1-4H3,(H,20,21). The monoisotopic (exact) mass is 372 g/mol. The predicted octanol–water partition coefficient (Wildman–Crippen LogP) is 1.08. The third kappa shape index (κ3) is 5.43. The van der Waals surface area contributed by atoms with Crippen molar-refractivity contribution in [3.63, 3.8) is 0 Å². The summed E-state index contributed by atoms with van der Waals surface area (Å²) in [6, 6.07) is 5.92. The third-order valence-electron chi connectivity index (χ3n) is 3.81. The highest BCUT2D eigenvalue weighted by Gasteiger charge is 2.34. The van der Waals surface area contributed by atoms with E-state index in [2.05, 4.69) is 4.72 Å². The summed E-state index contributed by atoms with van der Waals surface area (Å²) in [4.78, 5) is 24.3. The van der Waals surface area contributed by atoms with E-state index in [0.29, 0.717) is 12.4 Å². The second-order valence-corrected chi connectivity index (χ2v) is 7.64. The summed E-state index contributed by atoms with van der Waals surface area (Å²) in [5.41, 5.74) is -1.37. The summed E-state index contributed by atoms with van der Waals surface area (Å²) in [6.07, 6.45) is -0.149. The van der Waals surface area contributed by atoms with E-state index in [1.54, 1.807) is 12.1 Å². The van der Waals surface area contributed by atoms with Crippen LogP contribution >= 0.6 is 0 Å². The average molecular weight is 372 g/mol. The number of hydrogen-bond acceptors (Lipinski definition) is 5. The van der Waals surface area contributed by atoms with Gasteiger partial charge in [0.25, 0.3) is 0 Å². The van der Waals surface area contributed by atoms with Crippen molar-refractivity contribution in [1.82, 2.24) is 9.62 Å². The summed E-state index contributed by atoms with van der Waals surface area (Å²) in [5, 5.41) is 9.11. The molecule has 25 heavy (non-hydrogen) atoms. The van der Waals surface area contributed by atoms with Gasteiger partial charge in [-0.05, 0) is 45.0 Å². The van der Waals surface area contributed by atoms with Crippen molar-refractivity contribution in [2.24, 2.45) is 0 Å². The van der Waals surface area contributed by atoms with Gasteiger partial charge in [-0.2, -0.15) is 0 Å². The number of nitrogens with one attached hydrogen (secondary N) is 1. The smallest absolute Gasteiger partial charge is 0.329 e. The Balaban J connectivity index is 2.65. The van der Waals surface area contributed by atoms with E-state index in [-0.39, 0.29) is 17.9 Å². The van der Waals surface area contributed by atoms with Crippen LogP contribution in [0.25, 0.3) is 0 Å². The lowest BCUT2D eigenvalue weighted by Gasteiger charge is -2.31. The van der Waals surface area contributed by atoms with Gasteiger partial charge in [0.2, 0.25) is 15.9 Å². The molecule has 140 valence electrons. The zero-order valence-electron chi connectivity index (χ0n) is 14.8. The molecule has 8 nitrogen and oxygen atoms in total. The van der Waals surface area contributed by atoms with E-state index in [4.69, 9.17) is 9.84 Å². The van der Waals surface area contributed by atoms with Crippen LogP contribution in [0.3, 0.4) is 0 Å². The molecule has 1 amide bonds. The molecular formula is C16H24N2O6S. The number of carboxylic acids is 1. The zero-order valence-corrected chi connectivity index (χ0v) is 15.6. The quantitative estimate of drug-likeness (QED) is 0.670. The number of carbonyl (C=O) groups is 2. The first-order valence-corrected chi connectivity index (χ1v) is 9.23. The number of rotatable bonds is 9. The molecule has 1 aromatic carbocycles. The summed E-state index contributed by atoms with van der Waals surface area (Å²) < 4.78 is 32.0. The Morgan fingerprint density at radius 2 is 1.80 bits per heavy atom. The highest BCUT2D eigenvalue weighted by molar-refractivity contribution is 7.89. The van der Waals surface area contributed by atoms with Crippen LogP contribution in [-0.4, -0.2) is 56.0 Å². The molecule has 0 aliphatic carbocycles. The first kappa shape index (κ1) is 20.9. The minimum Gasteiger partial charge on any atom is -0.494 e. The van der Waals surface area contributed by atoms with Gasteiger partial charge in [-0.15, -0.1) is 0 Å². The summed E-state index contributed by atoms with van der Waals surface area (Å²) in [5.74, 6) is -1.05. The Morgan fingerprint density at radius 3 is 2.28 bits per heavy atom. The fourth-order valence-electron chi connectivity index (χ4n) is 1.88. The number of sulfonamides is 1. The Kier molecular flexibility index (Phi) is 6.95. The number of benzene rings is 1. The molecule has 1 rings (SSSR count). The Hall–Kier alpha value is -2.13. The van der Waals surface area contributed by atoms with E-state index < -0.39 is 27.4 Å². The van der Waals surface area contributed by atoms with Crippen LogP contribution < -0.4 is 9.46 Å². The molecule has 0 spiro atoms. The lowest BCUT2D eigenvalue weighted by Crippen LogP contribution is -2.51. The Labute approximate surface area is 147 Å². The van der Waals surface area contributed by atoms with E-state index in [1.165, 1.54) is 33.0 Å². The molecule has 0 saturated heterocycles. The van der Waals surface area contributed by atoms with Crippen LogP contribution in [0, 0.1) is 0 Å². The zero-order chi connectivity index (χ0) is 19.3. The van der Waals surface area contributed by atoms with Gasteiger partial charge in [-0.25, -0.2) is 17.9 Å². The number of hydrogen-bond donors (Lipinski definition) is 2. The maximum Gasteiger partial charge on any atom is 0.329 e. The molecule has 0 bridgehead atoms. The van der Waals surface area contributed by atoms with Crippen LogP contribution in [0.1, 0.15) is 27.2 Å². The van der Waals surface area contributed by atoms with Crippen LogP contribution in [0.2, 0.25) is 0 Å². The molecule has 0 heterocycles. The Bertz CT molecular complexity index is 713. The molecular weight excluding hydrogens is 348 g/mol. The van der Waals surface area contributed by atoms with Crippen molar-refractivity contribution in [1.29, 1.82) is 0 Å². The summed E-state index contributed by atoms with van der Waals surface area (Å²) in [6.45, 7) is 4.97. The topological polar surface area (TPSA) is 113 Å². The van der Waals surface area contributed by atoms with Gasteiger partial charge in [0, 0.05) is 20.0 Å². The molecule has 0 fully saturated rings. The van der Waals surface area contributed by atoms with Gasteiger partial charge in [-0.3, -0.25) is 4.79 Å². The van der Waals surface area contributed by atoms with Crippen LogP contribution in [0.5, 0.6) is 5.75 Å². The first-order valence-electron chi connectivity index (χ1n) is 7.75. The molecule has 9 heteroatoms. The van der Waals surface area contributed by atoms with Crippen molar-refractivity contribution >= 4 is 21.9 Å². The maximum atomic E-state index is 12.2. The Morgan fingerprint density at radius 1 is 1.24 bits per heavy atom. The minimum absolute atomic E-state index is 0.0580. The van der Waals surface area contributed by atoms with E-state index in [9.17, 15) is 18.0 Å². The molecule has 1 aromatic rings. The van der Waals surface area contributed by atoms with E-state index >= 15 is 0 Å². The van der Waals surface area contributed by atoms with Crippen molar-refractivity contribution in [3.8, 4) is 5.75 Å². The SMILES string of the molecule is CCOc1ccc(S(=O)(=O)NCCC(=O)N(C)C(C)(C)C(=O)O)cc1. The van der Waals surface area contributed by atoms with Gasteiger partial charge in [-0.1, -0.05) is 0 Å². The number of carbonyl (C=O) groups excluding carboxylic acids is 1. The number of aliphatic carboxylic acids is 1. The van der Waals surface area contributed by atoms with Gasteiger partial charge in [0.15, 0.2) is 0 Å². The van der Waals surface area contributed by atoms with Crippen molar-refractivity contribution in [2.45, 2.75) is 37.6 Å². The molecule has 0 saturated carbocycles. The van der Waals surface area contributed by atoms with Crippen LogP contribution in [0.15, 0.2) is 29.2 Å². The van der Waals surface area contributed by atoms with Gasteiger partial charge >= 0.3 is 5.97 Å². The van der Waals surface area contributed by atoms with E-state index in [1.807, 2.05) is 6.92 Å². The van der Waals surface area contributed by atoms with Gasteiger partial charge in [0.05, 0.1) is 11.5 Å². The number of carboxylic acid groups (broad SMARTS) is 1. The minimum atomic E-state index is -3.76. The average Bonchev–Trinajstić information content (AvgIpc) is 2.54. The van der Waals surface area contributed by atoms with Gasteiger partial charge < -0.3 is 14.7 Å². The second-order valence-electron chi connectivity index (χ2n) is 5.87. The summed E-state index contributed by atoms with van der Waals surface area (Å²) in [7, 11) is -2.39. The maximum absolute atomic E-state index is 12.2. The normalized spacial score (nSPS) is 11.8. The van der Waals surface area contributed by atoms with Crippen molar-refractivity contribution in [3.05, 3.63) is 24.3 Å². The molecule has 0 radical (unpaired) electrons. The fraction of sp³-hybridized carbons (Fsp3) is 0.500. The fourth-order valence-corrected chi connectivity index (χ4v) is 2.91. The predicted molar refractivity (Wildman–Crippen MR) is 91.9 cm³/mol. The summed E-state index contributed by atoms with van der Waals surface area (Å²) >= 11 is 0. The van der Waals surface area contributed by atoms with Gasteiger partial charge in [0.1, 0.15) is 11.3 Å². The third-order valence-corrected chi connectivity index (χ3v) is 5.29. The largest absolute Gasteiger partial charge is 0.494 e. The molecule has 0 aromatic heterocycles. The number of likely N-dealkylation sites (N-methyl/N-ethyl adjacent to an activating group) is 1. The second kappa shape index (κ2) is 8.30. The molecule has 2 N–H and O–H groups in total. The highest BCUT2D eigenvalue weighted by Crippen LogP contribution is 2.16. The first-order chi connectivity index (χ1) is 11.5. The van der Waals surface area contributed by atoms with Crippen molar-refractivity contribution < 1.29 is 27.9 Å².